The van der Waals surface area contributed by atoms with Crippen molar-refractivity contribution in [1.82, 2.24) is 5.32 Å². The van der Waals surface area contributed by atoms with E-state index >= 15 is 0 Å². The van der Waals surface area contributed by atoms with Crippen LogP contribution in [-0.4, -0.2) is 40.8 Å². The predicted molar refractivity (Wildman–Crippen MR) is 138 cm³/mol. The predicted octanol–water partition coefficient (Wildman–Crippen LogP) is 6.65. The average molecular weight is 471 g/mol. The standard InChI is InChI=1S/C27H54N2O4/c1-24(28)25(20-16-12-8-4-2-5-9-13-17-21-26(30)31)29-23-19-15-11-7-3-6-10-14-18-22-27(32)33/h24-25,29H,2-23,28H2,1H3,(H,30,31)(H,32,33). The fraction of sp³-hybridized carbons (Fsp3) is 0.926. The first-order chi connectivity index (χ1) is 15.9. The maximum Gasteiger partial charge on any atom is 0.303 e. The van der Waals surface area contributed by atoms with E-state index in [9.17, 15) is 9.59 Å². The van der Waals surface area contributed by atoms with Gasteiger partial charge < -0.3 is 21.3 Å². The van der Waals surface area contributed by atoms with Crippen molar-refractivity contribution < 1.29 is 19.8 Å². The van der Waals surface area contributed by atoms with E-state index in [0.29, 0.717) is 18.9 Å². The number of carbonyl (C=O) groups is 2. The maximum atomic E-state index is 10.5. The summed E-state index contributed by atoms with van der Waals surface area (Å²) in [6, 6.07) is 0.613. The Kier molecular flexibility index (Phi) is 23.2. The van der Waals surface area contributed by atoms with E-state index < -0.39 is 11.9 Å². The largest absolute Gasteiger partial charge is 0.481 e. The number of carboxylic acids is 2. The monoisotopic (exact) mass is 470 g/mol. The Hall–Kier alpha value is -1.14. The molecule has 0 bridgehead atoms. The maximum absolute atomic E-state index is 10.5. The SMILES string of the molecule is CC(N)C(CCCCCCCCCCCC(=O)O)NCCCCCCCCCCCC(=O)O. The summed E-state index contributed by atoms with van der Waals surface area (Å²) in [5, 5.41) is 20.9. The minimum absolute atomic E-state index is 0.192. The fourth-order valence-corrected chi connectivity index (χ4v) is 4.35. The van der Waals surface area contributed by atoms with Crippen LogP contribution < -0.4 is 11.1 Å². The van der Waals surface area contributed by atoms with E-state index in [1.54, 1.807) is 0 Å². The zero-order valence-corrected chi connectivity index (χ0v) is 21.5. The molecule has 0 heterocycles. The lowest BCUT2D eigenvalue weighted by molar-refractivity contribution is -0.138. The molecule has 0 aliphatic carbocycles. The molecule has 0 aliphatic heterocycles. The Balaban J connectivity index is 3.45. The van der Waals surface area contributed by atoms with E-state index in [1.165, 1.54) is 89.9 Å². The van der Waals surface area contributed by atoms with Gasteiger partial charge in [-0.1, -0.05) is 96.3 Å². The van der Waals surface area contributed by atoms with Crippen molar-refractivity contribution in [3.05, 3.63) is 0 Å². The normalized spacial score (nSPS) is 13.2. The molecule has 0 amide bonds. The smallest absolute Gasteiger partial charge is 0.303 e. The summed E-state index contributed by atoms with van der Waals surface area (Å²) < 4.78 is 0. The first-order valence-corrected chi connectivity index (χ1v) is 13.9. The van der Waals surface area contributed by atoms with Crippen LogP contribution in [0.2, 0.25) is 0 Å². The molecule has 0 fully saturated rings. The number of nitrogens with one attached hydrogen (secondary N) is 1. The molecule has 6 nitrogen and oxygen atoms in total. The molecule has 196 valence electrons. The van der Waals surface area contributed by atoms with E-state index in [4.69, 9.17) is 15.9 Å². The van der Waals surface area contributed by atoms with Crippen molar-refractivity contribution in [2.75, 3.05) is 6.54 Å². The topological polar surface area (TPSA) is 113 Å². The van der Waals surface area contributed by atoms with Gasteiger partial charge in [0.05, 0.1) is 0 Å². The minimum atomic E-state index is -0.677. The molecule has 2 atom stereocenters. The van der Waals surface area contributed by atoms with Crippen LogP contribution in [0.15, 0.2) is 0 Å². The number of hydrogen-bond acceptors (Lipinski definition) is 4. The highest BCUT2D eigenvalue weighted by atomic mass is 16.4. The molecule has 0 aromatic carbocycles. The molecule has 0 rings (SSSR count). The first-order valence-electron chi connectivity index (χ1n) is 13.9. The lowest BCUT2D eigenvalue weighted by Gasteiger charge is -2.22. The van der Waals surface area contributed by atoms with Gasteiger partial charge in [0.2, 0.25) is 0 Å². The molecule has 5 N–H and O–H groups in total. The summed E-state index contributed by atoms with van der Waals surface area (Å²) in [4.78, 5) is 20.9. The number of hydrogen-bond donors (Lipinski definition) is 4. The zero-order valence-electron chi connectivity index (χ0n) is 21.5. The number of unbranched alkanes of at least 4 members (excludes halogenated alkanes) is 16. The average Bonchev–Trinajstić information content (AvgIpc) is 2.76. The van der Waals surface area contributed by atoms with Gasteiger partial charge in [0.15, 0.2) is 0 Å². The molecule has 0 aromatic rings. The van der Waals surface area contributed by atoms with Crippen LogP contribution in [-0.2, 0) is 9.59 Å². The van der Waals surface area contributed by atoms with Crippen LogP contribution in [0, 0.1) is 0 Å². The Morgan fingerprint density at radius 1 is 0.606 bits per heavy atom. The third-order valence-electron chi connectivity index (χ3n) is 6.51. The number of aliphatic carboxylic acids is 2. The quantitative estimate of drug-likeness (QED) is 0.105. The molecule has 0 aromatic heterocycles. The van der Waals surface area contributed by atoms with Crippen molar-refractivity contribution in [3.63, 3.8) is 0 Å². The van der Waals surface area contributed by atoms with Gasteiger partial charge in [-0.25, -0.2) is 0 Å². The van der Waals surface area contributed by atoms with Gasteiger partial charge in [0.25, 0.3) is 0 Å². The third kappa shape index (κ3) is 25.3. The van der Waals surface area contributed by atoms with Gasteiger partial charge in [-0.3, -0.25) is 9.59 Å². The van der Waals surface area contributed by atoms with Crippen LogP contribution >= 0.6 is 0 Å². The van der Waals surface area contributed by atoms with Crippen molar-refractivity contribution in [2.24, 2.45) is 5.73 Å². The minimum Gasteiger partial charge on any atom is -0.481 e. The fourth-order valence-electron chi connectivity index (χ4n) is 4.35. The van der Waals surface area contributed by atoms with Gasteiger partial charge in [0.1, 0.15) is 0 Å². The molecule has 0 spiro atoms. The van der Waals surface area contributed by atoms with Crippen molar-refractivity contribution in [1.29, 1.82) is 0 Å². The summed E-state index contributed by atoms with van der Waals surface area (Å²) in [5.41, 5.74) is 6.19. The highest BCUT2D eigenvalue weighted by Gasteiger charge is 2.12. The molecule has 2 unspecified atom stereocenters. The summed E-state index contributed by atoms with van der Waals surface area (Å²) in [5.74, 6) is -1.35. The number of nitrogens with two attached hydrogens (primary N) is 1. The first kappa shape index (κ1) is 31.9. The summed E-state index contributed by atoms with van der Waals surface area (Å²) in [7, 11) is 0. The Morgan fingerprint density at radius 3 is 1.30 bits per heavy atom. The van der Waals surface area contributed by atoms with Crippen LogP contribution in [0.4, 0.5) is 0 Å². The van der Waals surface area contributed by atoms with Gasteiger partial charge >= 0.3 is 11.9 Å². The van der Waals surface area contributed by atoms with Crippen molar-refractivity contribution in [3.8, 4) is 0 Å². The van der Waals surface area contributed by atoms with Gasteiger partial charge in [-0.2, -0.15) is 0 Å². The summed E-state index contributed by atoms with van der Waals surface area (Å²) in [6.45, 7) is 3.17. The Bertz CT molecular complexity index is 457. The second-order valence-corrected chi connectivity index (χ2v) is 9.86. The number of rotatable bonds is 26. The zero-order chi connectivity index (χ0) is 24.6. The molecule has 33 heavy (non-hydrogen) atoms. The molecular formula is C27H54N2O4. The highest BCUT2D eigenvalue weighted by molar-refractivity contribution is 5.66. The lowest BCUT2D eigenvalue weighted by atomic mass is 10.0. The van der Waals surface area contributed by atoms with Crippen LogP contribution in [0.25, 0.3) is 0 Å². The molecule has 6 heteroatoms. The molecule has 0 radical (unpaired) electrons. The highest BCUT2D eigenvalue weighted by Crippen LogP contribution is 2.13. The molecular weight excluding hydrogens is 416 g/mol. The van der Waals surface area contributed by atoms with E-state index in [-0.39, 0.29) is 6.04 Å². The molecule has 0 aliphatic rings. The second-order valence-electron chi connectivity index (χ2n) is 9.86. The molecule has 0 saturated carbocycles. The number of carboxylic acid groups (broad SMARTS) is 2. The van der Waals surface area contributed by atoms with Crippen molar-refractivity contribution in [2.45, 2.75) is 154 Å². The second kappa shape index (κ2) is 24.0. The van der Waals surface area contributed by atoms with Gasteiger partial charge in [-0.15, -0.1) is 0 Å². The van der Waals surface area contributed by atoms with E-state index in [2.05, 4.69) is 12.2 Å². The third-order valence-corrected chi connectivity index (χ3v) is 6.51. The van der Waals surface area contributed by atoms with Crippen molar-refractivity contribution >= 4 is 11.9 Å². The Labute approximate surface area is 203 Å². The lowest BCUT2D eigenvalue weighted by Crippen LogP contribution is -2.43. The summed E-state index contributed by atoms with van der Waals surface area (Å²) in [6.07, 6.45) is 23.0. The molecule has 0 saturated heterocycles. The van der Waals surface area contributed by atoms with E-state index in [1.807, 2.05) is 0 Å². The van der Waals surface area contributed by atoms with Crippen LogP contribution in [0.1, 0.15) is 142 Å². The summed E-state index contributed by atoms with van der Waals surface area (Å²) >= 11 is 0. The van der Waals surface area contributed by atoms with E-state index in [0.717, 1.165) is 38.6 Å². The van der Waals surface area contributed by atoms with Gasteiger partial charge in [0, 0.05) is 24.9 Å². The van der Waals surface area contributed by atoms with Gasteiger partial charge in [-0.05, 0) is 39.2 Å². The van der Waals surface area contributed by atoms with Crippen LogP contribution in [0.5, 0.6) is 0 Å². The Morgan fingerprint density at radius 2 is 0.939 bits per heavy atom. The van der Waals surface area contributed by atoms with Crippen LogP contribution in [0.3, 0.4) is 0 Å².